The van der Waals surface area contributed by atoms with E-state index in [0.717, 1.165) is 27.8 Å². The summed E-state index contributed by atoms with van der Waals surface area (Å²) < 4.78 is 16.5. The maximum atomic E-state index is 12.1. The number of hydrogen-bond acceptors (Lipinski definition) is 7. The number of nitrogens with one attached hydrogen (secondary N) is 1. The van der Waals surface area contributed by atoms with E-state index in [4.69, 9.17) is 14.2 Å². The first-order chi connectivity index (χ1) is 14.6. The Hall–Kier alpha value is -3.13. The second-order valence-corrected chi connectivity index (χ2v) is 7.65. The van der Waals surface area contributed by atoms with Crippen LogP contribution < -0.4 is 19.5 Å². The highest BCUT2D eigenvalue weighted by atomic mass is 32.1. The van der Waals surface area contributed by atoms with Crippen molar-refractivity contribution in [1.82, 2.24) is 10.2 Å². The van der Waals surface area contributed by atoms with E-state index in [-0.39, 0.29) is 5.91 Å². The Kier molecular flexibility index (Phi) is 8.02. The number of carbonyl (C=O) groups excluding carboxylic acids is 1. The molecule has 0 spiro atoms. The van der Waals surface area contributed by atoms with Crippen molar-refractivity contribution >= 4 is 22.4 Å². The number of nitrogens with zero attached hydrogens (tertiary/aromatic N) is 2. The molecular formula is C22H25N3O4S. The average molecular weight is 428 g/mol. The molecule has 3 aromatic rings. The van der Waals surface area contributed by atoms with Crippen molar-refractivity contribution in [1.29, 1.82) is 0 Å². The SMILES string of the molecule is COc1ccc(OCCCC(=O)Nc2nnc(CCOc3cccc(C)c3)s2)cc1. The molecule has 2 aromatic carbocycles. The minimum Gasteiger partial charge on any atom is -0.497 e. The van der Waals surface area contributed by atoms with Gasteiger partial charge in [-0.15, -0.1) is 10.2 Å². The lowest BCUT2D eigenvalue weighted by Crippen LogP contribution is -2.12. The molecule has 0 aliphatic rings. The molecule has 0 fully saturated rings. The van der Waals surface area contributed by atoms with Gasteiger partial charge in [0, 0.05) is 12.8 Å². The molecule has 7 nitrogen and oxygen atoms in total. The zero-order valence-electron chi connectivity index (χ0n) is 17.1. The van der Waals surface area contributed by atoms with E-state index in [1.807, 2.05) is 55.5 Å². The first-order valence-electron chi connectivity index (χ1n) is 9.71. The monoisotopic (exact) mass is 427 g/mol. The molecule has 0 saturated heterocycles. The van der Waals surface area contributed by atoms with Gasteiger partial charge in [0.25, 0.3) is 0 Å². The lowest BCUT2D eigenvalue weighted by Gasteiger charge is -2.06. The zero-order valence-corrected chi connectivity index (χ0v) is 17.9. The van der Waals surface area contributed by atoms with Gasteiger partial charge in [0.2, 0.25) is 11.0 Å². The van der Waals surface area contributed by atoms with Gasteiger partial charge in [0.1, 0.15) is 22.3 Å². The average Bonchev–Trinajstić information content (AvgIpc) is 3.19. The Balaban J connectivity index is 1.33. The smallest absolute Gasteiger partial charge is 0.226 e. The number of anilines is 1. The number of aromatic nitrogens is 2. The Morgan fingerprint density at radius 3 is 2.53 bits per heavy atom. The summed E-state index contributed by atoms with van der Waals surface area (Å²) in [6, 6.07) is 15.3. The van der Waals surface area contributed by atoms with Crippen molar-refractivity contribution in [3.63, 3.8) is 0 Å². The summed E-state index contributed by atoms with van der Waals surface area (Å²) in [5.41, 5.74) is 1.16. The van der Waals surface area contributed by atoms with Crippen LogP contribution in [0.1, 0.15) is 23.4 Å². The highest BCUT2D eigenvalue weighted by Gasteiger charge is 2.09. The molecule has 0 saturated carbocycles. The second-order valence-electron chi connectivity index (χ2n) is 6.59. The lowest BCUT2D eigenvalue weighted by molar-refractivity contribution is -0.116. The Morgan fingerprint density at radius 1 is 1.00 bits per heavy atom. The van der Waals surface area contributed by atoms with Crippen LogP contribution in [0.4, 0.5) is 5.13 Å². The van der Waals surface area contributed by atoms with E-state index in [1.165, 1.54) is 11.3 Å². The van der Waals surface area contributed by atoms with Crippen molar-refractivity contribution in [2.24, 2.45) is 0 Å². The molecule has 3 rings (SSSR count). The number of methoxy groups -OCH3 is 1. The van der Waals surface area contributed by atoms with Crippen molar-refractivity contribution in [2.75, 3.05) is 25.6 Å². The largest absolute Gasteiger partial charge is 0.497 e. The Bertz CT molecular complexity index is 944. The van der Waals surface area contributed by atoms with E-state index in [2.05, 4.69) is 15.5 Å². The van der Waals surface area contributed by atoms with Gasteiger partial charge in [-0.25, -0.2) is 0 Å². The molecule has 0 bridgehead atoms. The molecule has 158 valence electrons. The third kappa shape index (κ3) is 7.04. The normalized spacial score (nSPS) is 10.5. The van der Waals surface area contributed by atoms with Gasteiger partial charge in [-0.1, -0.05) is 23.5 Å². The van der Waals surface area contributed by atoms with E-state index in [9.17, 15) is 4.79 Å². The van der Waals surface area contributed by atoms with Crippen LogP contribution in [0.15, 0.2) is 48.5 Å². The van der Waals surface area contributed by atoms with Crippen LogP contribution >= 0.6 is 11.3 Å². The molecule has 1 heterocycles. The standard InChI is InChI=1S/C22H25N3O4S/c1-16-5-3-6-19(15-16)29-14-12-21-24-25-22(30-21)23-20(26)7-4-13-28-18-10-8-17(27-2)9-11-18/h3,5-6,8-11,15H,4,7,12-14H2,1-2H3,(H,23,25,26). The summed E-state index contributed by atoms with van der Waals surface area (Å²) in [7, 11) is 1.62. The summed E-state index contributed by atoms with van der Waals surface area (Å²) in [5.74, 6) is 2.26. The maximum Gasteiger partial charge on any atom is 0.226 e. The summed E-state index contributed by atoms with van der Waals surface area (Å²) >= 11 is 1.36. The number of aryl methyl sites for hydroxylation is 1. The molecule has 1 aromatic heterocycles. The predicted molar refractivity (Wildman–Crippen MR) is 117 cm³/mol. The van der Waals surface area contributed by atoms with Crippen molar-refractivity contribution in [3.05, 3.63) is 59.1 Å². The molecular weight excluding hydrogens is 402 g/mol. The molecule has 8 heteroatoms. The van der Waals surface area contributed by atoms with Gasteiger partial charge in [-0.3, -0.25) is 4.79 Å². The van der Waals surface area contributed by atoms with Crippen molar-refractivity contribution < 1.29 is 19.0 Å². The van der Waals surface area contributed by atoms with Crippen LogP contribution in [0.25, 0.3) is 0 Å². The van der Waals surface area contributed by atoms with Crippen LogP contribution in [0.5, 0.6) is 17.2 Å². The third-order valence-corrected chi connectivity index (χ3v) is 5.06. The first-order valence-corrected chi connectivity index (χ1v) is 10.5. The molecule has 0 atom stereocenters. The van der Waals surface area contributed by atoms with E-state index in [0.29, 0.717) is 37.6 Å². The molecule has 1 amide bonds. The third-order valence-electron chi connectivity index (χ3n) is 4.16. The van der Waals surface area contributed by atoms with Crippen LogP contribution in [0.3, 0.4) is 0 Å². The molecule has 30 heavy (non-hydrogen) atoms. The van der Waals surface area contributed by atoms with Gasteiger partial charge in [-0.05, 0) is 55.3 Å². The number of amides is 1. The van der Waals surface area contributed by atoms with E-state index in [1.54, 1.807) is 7.11 Å². The van der Waals surface area contributed by atoms with Gasteiger partial charge in [0.15, 0.2) is 0 Å². The summed E-state index contributed by atoms with van der Waals surface area (Å²) in [5, 5.41) is 12.2. The van der Waals surface area contributed by atoms with Gasteiger partial charge >= 0.3 is 0 Å². The summed E-state index contributed by atoms with van der Waals surface area (Å²) in [4.78, 5) is 12.1. The highest BCUT2D eigenvalue weighted by molar-refractivity contribution is 7.15. The number of rotatable bonds is 11. The van der Waals surface area contributed by atoms with Crippen LogP contribution in [0.2, 0.25) is 0 Å². The van der Waals surface area contributed by atoms with Crippen LogP contribution in [0, 0.1) is 6.92 Å². The van der Waals surface area contributed by atoms with Crippen LogP contribution in [-0.4, -0.2) is 36.4 Å². The summed E-state index contributed by atoms with van der Waals surface area (Å²) in [6.45, 7) is 2.99. The number of hydrogen-bond donors (Lipinski definition) is 1. The number of carbonyl (C=O) groups is 1. The second kappa shape index (κ2) is 11.2. The fourth-order valence-electron chi connectivity index (χ4n) is 2.64. The lowest BCUT2D eigenvalue weighted by atomic mass is 10.2. The van der Waals surface area contributed by atoms with E-state index >= 15 is 0 Å². The van der Waals surface area contributed by atoms with Gasteiger partial charge < -0.3 is 19.5 Å². The zero-order chi connectivity index (χ0) is 21.2. The minimum absolute atomic E-state index is 0.105. The van der Waals surface area contributed by atoms with Crippen molar-refractivity contribution in [3.8, 4) is 17.2 Å². The van der Waals surface area contributed by atoms with E-state index < -0.39 is 0 Å². The predicted octanol–water partition coefficient (Wildman–Crippen LogP) is 4.27. The summed E-state index contributed by atoms with van der Waals surface area (Å²) in [6.07, 6.45) is 1.59. The molecule has 1 N–H and O–H groups in total. The fraction of sp³-hybridized carbons (Fsp3) is 0.318. The molecule has 0 aliphatic carbocycles. The quantitative estimate of drug-likeness (QED) is 0.460. The fourth-order valence-corrected chi connectivity index (χ4v) is 3.38. The Labute approximate surface area is 180 Å². The van der Waals surface area contributed by atoms with Gasteiger partial charge in [0.05, 0.1) is 20.3 Å². The highest BCUT2D eigenvalue weighted by Crippen LogP contribution is 2.19. The maximum absolute atomic E-state index is 12.1. The number of benzene rings is 2. The molecule has 0 aliphatic heterocycles. The molecule has 0 unspecified atom stereocenters. The number of ether oxygens (including phenoxy) is 3. The first kappa shape index (κ1) is 21.6. The molecule has 0 radical (unpaired) electrons. The topological polar surface area (TPSA) is 82.6 Å². The van der Waals surface area contributed by atoms with Gasteiger partial charge in [-0.2, -0.15) is 0 Å². The van der Waals surface area contributed by atoms with Crippen LogP contribution in [-0.2, 0) is 11.2 Å². The van der Waals surface area contributed by atoms with Crippen molar-refractivity contribution in [2.45, 2.75) is 26.2 Å². The minimum atomic E-state index is -0.105. The Morgan fingerprint density at radius 2 is 1.77 bits per heavy atom.